The van der Waals surface area contributed by atoms with Crippen LogP contribution in [0.2, 0.25) is 0 Å². The first-order valence-electron chi connectivity index (χ1n) is 4.69. The Hall–Kier alpha value is -1.70. The molecule has 8 heteroatoms. The van der Waals surface area contributed by atoms with Crippen LogP contribution < -0.4 is 5.32 Å². The van der Waals surface area contributed by atoms with E-state index in [0.29, 0.717) is 32.1 Å². The fourth-order valence-electron chi connectivity index (χ4n) is 1.29. The van der Waals surface area contributed by atoms with Gasteiger partial charge in [0.05, 0.1) is 19.8 Å². The lowest BCUT2D eigenvalue weighted by Crippen LogP contribution is -2.46. The van der Waals surface area contributed by atoms with Crippen LogP contribution in [0.15, 0.2) is 0 Å². The summed E-state index contributed by atoms with van der Waals surface area (Å²) in [6.45, 7) is 2.72. The van der Waals surface area contributed by atoms with Crippen molar-refractivity contribution in [3.05, 3.63) is 5.82 Å². The Labute approximate surface area is 86.0 Å². The topological polar surface area (TPSA) is 96.0 Å². The summed E-state index contributed by atoms with van der Waals surface area (Å²) in [6, 6.07) is -0.122. The van der Waals surface area contributed by atoms with Gasteiger partial charge in [0.25, 0.3) is 0 Å². The minimum absolute atomic E-state index is 0.122. The molecule has 0 aromatic carbocycles. The molecule has 0 unspecified atom stereocenters. The first kappa shape index (κ1) is 9.84. The SMILES string of the molecule is O=C(NCc1nn[nH]n1)N1CCOCC1. The van der Waals surface area contributed by atoms with E-state index in [0.717, 1.165) is 0 Å². The van der Waals surface area contributed by atoms with Crippen LogP contribution >= 0.6 is 0 Å². The third-order valence-electron chi connectivity index (χ3n) is 2.09. The Morgan fingerprint density at radius 1 is 1.53 bits per heavy atom. The lowest BCUT2D eigenvalue weighted by Gasteiger charge is -2.26. The molecule has 1 aromatic heterocycles. The van der Waals surface area contributed by atoms with Crippen LogP contribution in [-0.4, -0.2) is 57.9 Å². The molecule has 2 amide bonds. The highest BCUT2D eigenvalue weighted by atomic mass is 16.5. The van der Waals surface area contributed by atoms with E-state index in [1.807, 2.05) is 0 Å². The summed E-state index contributed by atoms with van der Waals surface area (Å²) >= 11 is 0. The Bertz CT molecular complexity index is 307. The molecule has 1 fully saturated rings. The summed E-state index contributed by atoms with van der Waals surface area (Å²) in [4.78, 5) is 13.3. The third kappa shape index (κ3) is 2.62. The van der Waals surface area contributed by atoms with Crippen molar-refractivity contribution >= 4 is 6.03 Å². The lowest BCUT2D eigenvalue weighted by molar-refractivity contribution is 0.0531. The van der Waals surface area contributed by atoms with E-state index < -0.39 is 0 Å². The van der Waals surface area contributed by atoms with E-state index in [1.54, 1.807) is 4.90 Å². The number of rotatable bonds is 2. The number of nitrogens with zero attached hydrogens (tertiary/aromatic N) is 4. The maximum atomic E-state index is 11.6. The third-order valence-corrected chi connectivity index (χ3v) is 2.09. The molecule has 0 bridgehead atoms. The van der Waals surface area contributed by atoms with Gasteiger partial charge >= 0.3 is 6.03 Å². The molecule has 8 nitrogen and oxygen atoms in total. The maximum absolute atomic E-state index is 11.6. The zero-order valence-corrected chi connectivity index (χ0v) is 8.14. The molecule has 1 aromatic rings. The Morgan fingerprint density at radius 3 is 3.00 bits per heavy atom. The molecule has 0 atom stereocenters. The number of aromatic amines is 1. The van der Waals surface area contributed by atoms with E-state index >= 15 is 0 Å². The standard InChI is InChI=1S/C7H12N6O2/c14-7(13-1-3-15-4-2-13)8-5-6-9-11-12-10-6/h1-5H2,(H,8,14)(H,9,10,11,12). The van der Waals surface area contributed by atoms with Gasteiger partial charge in [0.15, 0.2) is 5.82 Å². The Morgan fingerprint density at radius 2 is 2.33 bits per heavy atom. The molecule has 0 radical (unpaired) electrons. The smallest absolute Gasteiger partial charge is 0.317 e. The number of nitrogens with one attached hydrogen (secondary N) is 2. The summed E-state index contributed by atoms with van der Waals surface area (Å²) in [5, 5.41) is 15.9. The van der Waals surface area contributed by atoms with E-state index in [-0.39, 0.29) is 12.6 Å². The number of carbonyl (C=O) groups is 1. The van der Waals surface area contributed by atoms with Crippen molar-refractivity contribution < 1.29 is 9.53 Å². The van der Waals surface area contributed by atoms with Gasteiger partial charge in [0.2, 0.25) is 0 Å². The summed E-state index contributed by atoms with van der Waals surface area (Å²) in [5.74, 6) is 0.469. The second-order valence-electron chi connectivity index (χ2n) is 3.09. The normalized spacial score (nSPS) is 16.4. The molecule has 0 spiro atoms. The van der Waals surface area contributed by atoms with Crippen molar-refractivity contribution in [3.8, 4) is 0 Å². The van der Waals surface area contributed by atoms with Crippen LogP contribution in [-0.2, 0) is 11.3 Å². The van der Waals surface area contributed by atoms with E-state index in [2.05, 4.69) is 25.9 Å². The number of morpholine rings is 1. The zero-order valence-electron chi connectivity index (χ0n) is 8.14. The van der Waals surface area contributed by atoms with Crippen molar-refractivity contribution in [1.29, 1.82) is 0 Å². The first-order chi connectivity index (χ1) is 7.36. The minimum atomic E-state index is -0.122. The summed E-state index contributed by atoms with van der Waals surface area (Å²) in [7, 11) is 0. The fraction of sp³-hybridized carbons (Fsp3) is 0.714. The van der Waals surface area contributed by atoms with Crippen LogP contribution in [0.1, 0.15) is 5.82 Å². The molecule has 15 heavy (non-hydrogen) atoms. The second kappa shape index (κ2) is 4.69. The number of hydrogen-bond acceptors (Lipinski definition) is 5. The average Bonchev–Trinajstić information content (AvgIpc) is 2.80. The van der Waals surface area contributed by atoms with Gasteiger partial charge in [0, 0.05) is 13.1 Å². The highest BCUT2D eigenvalue weighted by molar-refractivity contribution is 5.74. The Balaban J connectivity index is 1.76. The van der Waals surface area contributed by atoms with Gasteiger partial charge < -0.3 is 15.0 Å². The fourth-order valence-corrected chi connectivity index (χ4v) is 1.29. The number of hydrogen-bond donors (Lipinski definition) is 2. The lowest BCUT2D eigenvalue weighted by atomic mass is 10.4. The first-order valence-corrected chi connectivity index (χ1v) is 4.69. The number of urea groups is 1. The quantitative estimate of drug-likeness (QED) is 0.638. The molecule has 2 heterocycles. The summed E-state index contributed by atoms with van der Waals surface area (Å²) in [6.07, 6.45) is 0. The largest absolute Gasteiger partial charge is 0.378 e. The molecule has 0 saturated carbocycles. The second-order valence-corrected chi connectivity index (χ2v) is 3.09. The monoisotopic (exact) mass is 212 g/mol. The molecule has 1 aliphatic rings. The predicted molar refractivity (Wildman–Crippen MR) is 48.8 cm³/mol. The zero-order chi connectivity index (χ0) is 10.5. The van der Waals surface area contributed by atoms with Crippen LogP contribution in [0.3, 0.4) is 0 Å². The minimum Gasteiger partial charge on any atom is -0.378 e. The molecule has 1 saturated heterocycles. The van der Waals surface area contributed by atoms with Gasteiger partial charge in [-0.3, -0.25) is 0 Å². The summed E-state index contributed by atoms with van der Waals surface area (Å²) < 4.78 is 5.14. The number of ether oxygens (including phenoxy) is 1. The molecular formula is C7H12N6O2. The number of H-pyrrole nitrogens is 1. The van der Waals surface area contributed by atoms with Gasteiger partial charge in [-0.1, -0.05) is 5.21 Å². The van der Waals surface area contributed by atoms with Crippen LogP contribution in [0.4, 0.5) is 4.79 Å². The van der Waals surface area contributed by atoms with Crippen LogP contribution in [0.5, 0.6) is 0 Å². The van der Waals surface area contributed by atoms with E-state index in [9.17, 15) is 4.79 Å². The molecule has 1 aliphatic heterocycles. The highest BCUT2D eigenvalue weighted by Crippen LogP contribution is 1.97. The molecule has 2 rings (SSSR count). The number of tetrazole rings is 1. The van der Waals surface area contributed by atoms with Crippen molar-refractivity contribution in [2.75, 3.05) is 26.3 Å². The number of carbonyl (C=O) groups excluding carboxylic acids is 1. The molecular weight excluding hydrogens is 200 g/mol. The van der Waals surface area contributed by atoms with E-state index in [1.165, 1.54) is 0 Å². The highest BCUT2D eigenvalue weighted by Gasteiger charge is 2.16. The van der Waals surface area contributed by atoms with Gasteiger partial charge in [-0.05, 0) is 0 Å². The van der Waals surface area contributed by atoms with Crippen LogP contribution in [0, 0.1) is 0 Å². The van der Waals surface area contributed by atoms with Gasteiger partial charge in [0.1, 0.15) is 0 Å². The Kier molecular flexibility index (Phi) is 3.08. The van der Waals surface area contributed by atoms with Crippen molar-refractivity contribution in [2.24, 2.45) is 0 Å². The predicted octanol–water partition coefficient (Wildman–Crippen LogP) is -1.26. The van der Waals surface area contributed by atoms with Crippen molar-refractivity contribution in [2.45, 2.75) is 6.54 Å². The molecule has 0 aliphatic carbocycles. The average molecular weight is 212 g/mol. The maximum Gasteiger partial charge on any atom is 0.317 e. The molecule has 82 valence electrons. The number of aromatic nitrogens is 4. The van der Waals surface area contributed by atoms with E-state index in [4.69, 9.17) is 4.74 Å². The van der Waals surface area contributed by atoms with Crippen molar-refractivity contribution in [3.63, 3.8) is 0 Å². The van der Waals surface area contributed by atoms with Crippen molar-refractivity contribution in [1.82, 2.24) is 30.8 Å². The molecule has 2 N–H and O–H groups in total. The van der Waals surface area contributed by atoms with Gasteiger partial charge in [-0.15, -0.1) is 10.2 Å². The van der Waals surface area contributed by atoms with Crippen LogP contribution in [0.25, 0.3) is 0 Å². The van der Waals surface area contributed by atoms with Gasteiger partial charge in [-0.25, -0.2) is 4.79 Å². The number of amides is 2. The summed E-state index contributed by atoms with van der Waals surface area (Å²) in [5.41, 5.74) is 0. The van der Waals surface area contributed by atoms with Gasteiger partial charge in [-0.2, -0.15) is 5.21 Å².